The highest BCUT2D eigenvalue weighted by molar-refractivity contribution is 6.35. The lowest BCUT2D eigenvalue weighted by atomic mass is 10.1. The molecule has 0 heterocycles. The van der Waals surface area contributed by atoms with E-state index >= 15 is 0 Å². The van der Waals surface area contributed by atoms with E-state index in [1.807, 2.05) is 30.3 Å². The summed E-state index contributed by atoms with van der Waals surface area (Å²) in [6.45, 7) is 4.34. The Morgan fingerprint density at radius 1 is 0.880 bits per heavy atom. The monoisotopic (exact) mass is 399 g/mol. The molecule has 0 fully saturated rings. The van der Waals surface area contributed by atoms with Gasteiger partial charge in [-0.05, 0) is 43.3 Å². The number of halogens is 3. The van der Waals surface area contributed by atoms with Gasteiger partial charge in [-0.3, -0.25) is 0 Å². The fourth-order valence-corrected chi connectivity index (χ4v) is 3.18. The average Bonchev–Trinajstić information content (AvgIpc) is 2.58. The minimum absolute atomic E-state index is 0.390. The normalized spacial score (nSPS) is 10.9. The second-order valence-electron chi connectivity index (χ2n) is 6.01. The second kappa shape index (κ2) is 10.9. The van der Waals surface area contributed by atoms with Gasteiger partial charge in [-0.25, -0.2) is 0 Å². The first kappa shape index (κ1) is 20.4. The van der Waals surface area contributed by atoms with Crippen LogP contribution in [0.1, 0.15) is 43.7 Å². The van der Waals surface area contributed by atoms with Gasteiger partial charge in [-0.15, -0.1) is 0 Å². The third-order valence-electron chi connectivity index (χ3n) is 3.94. The van der Waals surface area contributed by atoms with E-state index in [9.17, 15) is 0 Å². The molecule has 0 unspecified atom stereocenters. The van der Waals surface area contributed by atoms with Crippen LogP contribution in [0.3, 0.4) is 0 Å². The zero-order valence-corrected chi connectivity index (χ0v) is 16.7. The Balaban J connectivity index is 1.93. The van der Waals surface area contributed by atoms with Gasteiger partial charge < -0.3 is 10.1 Å². The van der Waals surface area contributed by atoms with Crippen molar-refractivity contribution in [3.63, 3.8) is 0 Å². The Labute approximate surface area is 165 Å². The van der Waals surface area contributed by atoms with Crippen molar-refractivity contribution < 1.29 is 4.74 Å². The van der Waals surface area contributed by atoms with Crippen molar-refractivity contribution in [2.24, 2.45) is 0 Å². The number of ether oxygens (including phenoxy) is 1. The van der Waals surface area contributed by atoms with Crippen molar-refractivity contribution in [1.29, 1.82) is 0 Å². The molecular weight excluding hydrogens is 377 g/mol. The minimum atomic E-state index is 0.390. The van der Waals surface area contributed by atoms with Gasteiger partial charge in [0.2, 0.25) is 0 Å². The number of hydrogen-bond donors (Lipinski definition) is 1. The van der Waals surface area contributed by atoms with E-state index in [4.69, 9.17) is 39.5 Å². The summed E-state index contributed by atoms with van der Waals surface area (Å²) in [5.74, 6) is 0.816. The SMILES string of the molecule is CCCCCCNCc1cc(Cl)ccc1OCc1ccc(Cl)cc1Cl. The first-order chi connectivity index (χ1) is 12.1. The standard InChI is InChI=1S/C20H24Cl3NO/c1-2-3-4-5-10-24-13-16-11-17(21)8-9-20(16)25-14-15-6-7-18(22)12-19(15)23/h6-9,11-12,24H,2-5,10,13-14H2,1H3. The highest BCUT2D eigenvalue weighted by atomic mass is 35.5. The Morgan fingerprint density at radius 2 is 1.64 bits per heavy atom. The van der Waals surface area contributed by atoms with Crippen molar-refractivity contribution in [2.45, 2.75) is 45.8 Å². The molecule has 0 aliphatic rings. The molecule has 0 aromatic heterocycles. The fraction of sp³-hybridized carbons (Fsp3) is 0.400. The molecule has 136 valence electrons. The van der Waals surface area contributed by atoms with Crippen LogP contribution in [0.4, 0.5) is 0 Å². The van der Waals surface area contributed by atoms with E-state index < -0.39 is 0 Å². The van der Waals surface area contributed by atoms with Crippen molar-refractivity contribution in [3.05, 3.63) is 62.6 Å². The Morgan fingerprint density at radius 3 is 2.40 bits per heavy atom. The molecule has 2 nitrogen and oxygen atoms in total. The van der Waals surface area contributed by atoms with Crippen LogP contribution < -0.4 is 10.1 Å². The van der Waals surface area contributed by atoms with E-state index in [-0.39, 0.29) is 0 Å². The molecule has 5 heteroatoms. The maximum Gasteiger partial charge on any atom is 0.124 e. The second-order valence-corrected chi connectivity index (χ2v) is 7.29. The molecule has 0 radical (unpaired) electrons. The van der Waals surface area contributed by atoms with Crippen molar-refractivity contribution in [2.75, 3.05) is 6.54 Å². The van der Waals surface area contributed by atoms with E-state index in [2.05, 4.69) is 12.2 Å². The minimum Gasteiger partial charge on any atom is -0.489 e. The fourth-order valence-electron chi connectivity index (χ4n) is 2.52. The van der Waals surface area contributed by atoms with Crippen molar-refractivity contribution in [3.8, 4) is 5.75 Å². The number of hydrogen-bond acceptors (Lipinski definition) is 2. The first-order valence-electron chi connectivity index (χ1n) is 8.66. The van der Waals surface area contributed by atoms with Crippen LogP contribution in [0.25, 0.3) is 0 Å². The summed E-state index contributed by atoms with van der Waals surface area (Å²) in [7, 11) is 0. The number of nitrogens with one attached hydrogen (secondary N) is 1. The maximum absolute atomic E-state index is 6.21. The first-order valence-corrected chi connectivity index (χ1v) is 9.79. The van der Waals surface area contributed by atoms with Crippen LogP contribution in [-0.4, -0.2) is 6.54 Å². The number of unbranched alkanes of at least 4 members (excludes halogenated alkanes) is 3. The van der Waals surface area contributed by atoms with Crippen LogP contribution in [-0.2, 0) is 13.2 Å². The molecule has 2 rings (SSSR count). The summed E-state index contributed by atoms with van der Waals surface area (Å²) in [6.07, 6.45) is 4.98. The molecule has 25 heavy (non-hydrogen) atoms. The van der Waals surface area contributed by atoms with Gasteiger partial charge in [-0.1, -0.05) is 67.1 Å². The molecule has 0 amide bonds. The molecule has 0 saturated heterocycles. The van der Waals surface area contributed by atoms with Crippen LogP contribution in [0.2, 0.25) is 15.1 Å². The largest absolute Gasteiger partial charge is 0.489 e. The summed E-state index contributed by atoms with van der Waals surface area (Å²) in [5.41, 5.74) is 1.95. The Kier molecular flexibility index (Phi) is 8.91. The quantitative estimate of drug-likeness (QED) is 0.438. The van der Waals surface area contributed by atoms with Gasteiger partial charge in [-0.2, -0.15) is 0 Å². The summed E-state index contributed by atoms with van der Waals surface area (Å²) >= 11 is 18.3. The zero-order chi connectivity index (χ0) is 18.1. The zero-order valence-electron chi connectivity index (χ0n) is 14.5. The lowest BCUT2D eigenvalue weighted by Crippen LogP contribution is -2.15. The topological polar surface area (TPSA) is 21.3 Å². The third kappa shape index (κ3) is 7.07. The predicted molar refractivity (Wildman–Crippen MR) is 108 cm³/mol. The number of benzene rings is 2. The predicted octanol–water partition coefficient (Wildman–Crippen LogP) is 6.90. The summed E-state index contributed by atoms with van der Waals surface area (Å²) in [4.78, 5) is 0. The maximum atomic E-state index is 6.21. The van der Waals surface area contributed by atoms with Gasteiger partial charge in [0.25, 0.3) is 0 Å². The van der Waals surface area contributed by atoms with Crippen LogP contribution in [0.15, 0.2) is 36.4 Å². The molecule has 0 spiro atoms. The summed E-state index contributed by atoms with van der Waals surface area (Å²) < 4.78 is 5.97. The number of rotatable bonds is 10. The highest BCUT2D eigenvalue weighted by Gasteiger charge is 2.07. The molecule has 1 N–H and O–H groups in total. The highest BCUT2D eigenvalue weighted by Crippen LogP contribution is 2.26. The van der Waals surface area contributed by atoms with Gasteiger partial charge in [0.1, 0.15) is 12.4 Å². The Bertz CT molecular complexity index is 676. The summed E-state index contributed by atoms with van der Waals surface area (Å²) in [5, 5.41) is 5.40. The van der Waals surface area contributed by atoms with E-state index in [1.54, 1.807) is 6.07 Å². The van der Waals surface area contributed by atoms with Crippen molar-refractivity contribution >= 4 is 34.8 Å². The lowest BCUT2D eigenvalue weighted by Gasteiger charge is -2.14. The van der Waals surface area contributed by atoms with Gasteiger partial charge in [0.15, 0.2) is 0 Å². The Hall–Kier alpha value is -0.930. The van der Waals surface area contributed by atoms with Gasteiger partial charge in [0, 0.05) is 32.7 Å². The van der Waals surface area contributed by atoms with Crippen LogP contribution >= 0.6 is 34.8 Å². The van der Waals surface area contributed by atoms with Crippen LogP contribution in [0, 0.1) is 0 Å². The summed E-state index contributed by atoms with van der Waals surface area (Å²) in [6, 6.07) is 11.1. The molecule has 0 atom stereocenters. The van der Waals surface area contributed by atoms with Crippen molar-refractivity contribution in [1.82, 2.24) is 5.32 Å². The molecular formula is C20H24Cl3NO. The van der Waals surface area contributed by atoms with E-state index in [0.29, 0.717) is 21.7 Å². The van der Waals surface area contributed by atoms with Gasteiger partial charge in [0.05, 0.1) is 0 Å². The average molecular weight is 401 g/mol. The molecule has 2 aromatic carbocycles. The lowest BCUT2D eigenvalue weighted by molar-refractivity contribution is 0.302. The smallest absolute Gasteiger partial charge is 0.124 e. The molecule has 0 aliphatic carbocycles. The molecule has 0 aliphatic heterocycles. The van der Waals surface area contributed by atoms with E-state index in [1.165, 1.54) is 25.7 Å². The van der Waals surface area contributed by atoms with E-state index in [0.717, 1.165) is 30.0 Å². The molecule has 0 bridgehead atoms. The molecule has 0 saturated carbocycles. The van der Waals surface area contributed by atoms with Gasteiger partial charge >= 0.3 is 0 Å². The van der Waals surface area contributed by atoms with Crippen LogP contribution in [0.5, 0.6) is 5.75 Å². The third-order valence-corrected chi connectivity index (χ3v) is 4.77. The molecule has 2 aromatic rings.